The van der Waals surface area contributed by atoms with Crippen LogP contribution in [0.4, 0.5) is 5.69 Å². The van der Waals surface area contributed by atoms with Gasteiger partial charge in [-0.3, -0.25) is 0 Å². The molecule has 0 saturated carbocycles. The second-order valence-electron chi connectivity index (χ2n) is 9.30. The Morgan fingerprint density at radius 3 is 2.89 bits per heavy atom. The summed E-state index contributed by atoms with van der Waals surface area (Å²) in [7, 11) is 1.14. The number of nitrogens with two attached hydrogens (primary N) is 1. The summed E-state index contributed by atoms with van der Waals surface area (Å²) in [6, 6.07) is 12.0. The lowest BCUT2D eigenvalue weighted by Crippen LogP contribution is -2.39. The van der Waals surface area contributed by atoms with Gasteiger partial charge in [0.1, 0.15) is 5.75 Å². The van der Waals surface area contributed by atoms with Gasteiger partial charge in [0, 0.05) is 40.6 Å². The van der Waals surface area contributed by atoms with Gasteiger partial charge in [-0.15, -0.1) is 0 Å². The molecule has 0 radical (unpaired) electrons. The van der Waals surface area contributed by atoms with Crippen LogP contribution in [0.5, 0.6) is 5.75 Å². The van der Waals surface area contributed by atoms with Crippen molar-refractivity contribution in [2.24, 2.45) is 0 Å². The fourth-order valence-corrected chi connectivity index (χ4v) is 5.94. The van der Waals surface area contributed by atoms with E-state index in [9.17, 15) is 0 Å². The molecular formula is C27H32BN5O3S. The molecule has 192 valence electrons. The average molecular weight is 517 g/mol. The summed E-state index contributed by atoms with van der Waals surface area (Å²) >= 11 is 1.94. The third kappa shape index (κ3) is 5.19. The van der Waals surface area contributed by atoms with Gasteiger partial charge < -0.3 is 19.8 Å². The minimum Gasteiger partial charge on any atom is -0.497 e. The molecule has 4 aromatic rings. The highest BCUT2D eigenvalue weighted by molar-refractivity contribution is 7.99. The molecule has 10 heteroatoms. The second-order valence-corrected chi connectivity index (χ2v) is 10.4. The van der Waals surface area contributed by atoms with Crippen LogP contribution >= 0.6 is 11.8 Å². The van der Waals surface area contributed by atoms with Crippen LogP contribution in [0.3, 0.4) is 0 Å². The number of thioether (sulfide) groups is 1. The SMILES string of the molecule is CCCCSC[C@@]1(CC)COB(c2cc(-c3ccc4c(N)cnnc4c3)c(-n3cccn3)cc2OC)O1. The molecule has 1 saturated heterocycles. The molecule has 1 fully saturated rings. The van der Waals surface area contributed by atoms with E-state index in [1.54, 1.807) is 19.5 Å². The summed E-state index contributed by atoms with van der Waals surface area (Å²) in [5, 5.41) is 13.7. The lowest BCUT2D eigenvalue weighted by Gasteiger charge is -2.26. The largest absolute Gasteiger partial charge is 0.498 e. The minimum atomic E-state index is -0.525. The van der Waals surface area contributed by atoms with E-state index in [1.807, 2.05) is 53.0 Å². The number of ether oxygens (including phenoxy) is 1. The van der Waals surface area contributed by atoms with Crippen LogP contribution in [0.25, 0.3) is 27.7 Å². The predicted molar refractivity (Wildman–Crippen MR) is 151 cm³/mol. The number of unbranched alkanes of at least 4 members (excludes halogenated alkanes) is 1. The number of benzene rings is 2. The summed E-state index contributed by atoms with van der Waals surface area (Å²) in [6.07, 6.45) is 8.52. The molecule has 1 aliphatic rings. The van der Waals surface area contributed by atoms with E-state index in [-0.39, 0.29) is 5.60 Å². The number of methoxy groups -OCH3 is 1. The van der Waals surface area contributed by atoms with E-state index in [2.05, 4.69) is 35.2 Å². The first kappa shape index (κ1) is 25.6. The Balaban J connectivity index is 1.56. The summed E-state index contributed by atoms with van der Waals surface area (Å²) < 4.78 is 20.6. The van der Waals surface area contributed by atoms with Crippen LogP contribution in [-0.2, 0) is 9.31 Å². The normalized spacial score (nSPS) is 17.5. The van der Waals surface area contributed by atoms with Gasteiger partial charge in [0.25, 0.3) is 0 Å². The molecule has 0 aliphatic carbocycles. The third-order valence-corrected chi connectivity index (χ3v) is 8.15. The lowest BCUT2D eigenvalue weighted by molar-refractivity contribution is 0.115. The van der Waals surface area contributed by atoms with Gasteiger partial charge in [-0.1, -0.05) is 26.3 Å². The Morgan fingerprint density at radius 2 is 2.14 bits per heavy atom. The van der Waals surface area contributed by atoms with Crippen molar-refractivity contribution in [2.45, 2.75) is 38.7 Å². The maximum Gasteiger partial charge on any atom is 0.498 e. The molecule has 2 aromatic heterocycles. The topological polar surface area (TPSA) is 97.3 Å². The molecule has 0 bridgehead atoms. The lowest BCUT2D eigenvalue weighted by atomic mass is 9.76. The van der Waals surface area contributed by atoms with E-state index in [4.69, 9.17) is 19.8 Å². The van der Waals surface area contributed by atoms with Crippen molar-refractivity contribution in [1.29, 1.82) is 0 Å². The van der Waals surface area contributed by atoms with Crippen LogP contribution < -0.4 is 15.9 Å². The fraction of sp³-hybridized carbons (Fsp3) is 0.370. The summed E-state index contributed by atoms with van der Waals surface area (Å²) in [5.41, 5.74) is 10.8. The van der Waals surface area contributed by atoms with Crippen molar-refractivity contribution in [1.82, 2.24) is 20.0 Å². The zero-order valence-corrected chi connectivity index (χ0v) is 22.3. The van der Waals surface area contributed by atoms with Crippen molar-refractivity contribution < 1.29 is 14.0 Å². The van der Waals surface area contributed by atoms with Crippen molar-refractivity contribution in [3.8, 4) is 22.6 Å². The number of nitrogen functional groups attached to an aromatic ring is 1. The Kier molecular flexibility index (Phi) is 7.69. The average Bonchev–Trinajstić information content (AvgIpc) is 3.62. The van der Waals surface area contributed by atoms with Gasteiger partial charge in [-0.05, 0) is 48.4 Å². The van der Waals surface area contributed by atoms with Gasteiger partial charge in [-0.25, -0.2) is 4.68 Å². The third-order valence-electron chi connectivity index (χ3n) is 6.84. The van der Waals surface area contributed by atoms with Gasteiger partial charge in [0.2, 0.25) is 0 Å². The van der Waals surface area contributed by atoms with Crippen molar-refractivity contribution in [3.05, 3.63) is 55.0 Å². The summed E-state index contributed by atoms with van der Waals surface area (Å²) in [5.74, 6) is 2.73. The second kappa shape index (κ2) is 11.1. The summed E-state index contributed by atoms with van der Waals surface area (Å²) in [4.78, 5) is 0. The van der Waals surface area contributed by atoms with Gasteiger partial charge in [0.05, 0.1) is 42.4 Å². The van der Waals surface area contributed by atoms with E-state index < -0.39 is 7.12 Å². The standard InChI is InChI=1S/C27H32BN5O3S/c1-4-6-12-37-18-27(5-2)17-35-28(36-27)22-14-21(25(15-26(22)34-3)33-11-7-10-31-33)19-8-9-20-23(29)16-30-32-24(20)13-19/h7-11,13-16H,4-6,12,17-18H2,1-3H3,(H2,29,32)/t27-/m1/s1. The van der Waals surface area contributed by atoms with E-state index in [0.717, 1.165) is 51.1 Å². The maximum absolute atomic E-state index is 6.63. The monoisotopic (exact) mass is 517 g/mol. The number of rotatable bonds is 10. The highest BCUT2D eigenvalue weighted by atomic mass is 32.2. The van der Waals surface area contributed by atoms with Gasteiger partial charge in [-0.2, -0.15) is 27.1 Å². The maximum atomic E-state index is 6.63. The first-order chi connectivity index (χ1) is 18.1. The van der Waals surface area contributed by atoms with E-state index in [0.29, 0.717) is 18.0 Å². The van der Waals surface area contributed by atoms with Crippen molar-refractivity contribution in [2.75, 3.05) is 31.0 Å². The molecule has 8 nitrogen and oxygen atoms in total. The first-order valence-electron chi connectivity index (χ1n) is 12.7. The number of aromatic nitrogens is 4. The zero-order valence-electron chi connectivity index (χ0n) is 21.5. The van der Waals surface area contributed by atoms with Crippen LogP contribution in [0.15, 0.2) is 55.0 Å². The van der Waals surface area contributed by atoms with Crippen LogP contribution in [-0.4, -0.2) is 57.9 Å². The van der Waals surface area contributed by atoms with E-state index >= 15 is 0 Å². The van der Waals surface area contributed by atoms with Gasteiger partial charge >= 0.3 is 7.12 Å². The zero-order chi connectivity index (χ0) is 25.8. The van der Waals surface area contributed by atoms with Crippen molar-refractivity contribution >= 4 is 40.9 Å². The highest BCUT2D eigenvalue weighted by Gasteiger charge is 2.45. The quantitative estimate of drug-likeness (QED) is 0.243. The Labute approximate surface area is 222 Å². The Hall–Kier alpha value is -3.08. The number of fused-ring (bicyclic) bond motifs is 1. The molecule has 5 rings (SSSR count). The Morgan fingerprint density at radius 1 is 1.24 bits per heavy atom. The highest BCUT2D eigenvalue weighted by Crippen LogP contribution is 2.35. The molecular weight excluding hydrogens is 485 g/mol. The molecule has 0 amide bonds. The number of hydrogen-bond acceptors (Lipinski definition) is 8. The number of anilines is 1. The molecule has 1 atom stereocenters. The molecule has 1 aliphatic heterocycles. The molecule has 37 heavy (non-hydrogen) atoms. The Bertz CT molecular complexity index is 1370. The molecule has 0 unspecified atom stereocenters. The fourth-order valence-electron chi connectivity index (χ4n) is 4.57. The molecule has 2 aromatic carbocycles. The van der Waals surface area contributed by atoms with Crippen molar-refractivity contribution in [3.63, 3.8) is 0 Å². The molecule has 2 N–H and O–H groups in total. The van der Waals surface area contributed by atoms with E-state index in [1.165, 1.54) is 12.8 Å². The minimum absolute atomic E-state index is 0.315. The summed E-state index contributed by atoms with van der Waals surface area (Å²) in [6.45, 7) is 4.93. The van der Waals surface area contributed by atoms with Crippen LogP contribution in [0, 0.1) is 0 Å². The van der Waals surface area contributed by atoms with Crippen LogP contribution in [0.1, 0.15) is 33.1 Å². The smallest absolute Gasteiger partial charge is 0.497 e. The first-order valence-corrected chi connectivity index (χ1v) is 13.8. The molecule has 3 heterocycles. The van der Waals surface area contributed by atoms with Gasteiger partial charge in [0.15, 0.2) is 0 Å². The van der Waals surface area contributed by atoms with Crippen LogP contribution in [0.2, 0.25) is 0 Å². The number of nitrogens with zero attached hydrogens (tertiary/aromatic N) is 4. The molecule has 0 spiro atoms. The predicted octanol–water partition coefficient (Wildman–Crippen LogP) is 4.50. The number of hydrogen-bond donors (Lipinski definition) is 1.